The molecular formula is C20H20N2O3. The van der Waals surface area contributed by atoms with E-state index < -0.39 is 5.54 Å². The number of fused-ring (bicyclic) bond motifs is 1. The molecule has 5 nitrogen and oxygen atoms in total. The van der Waals surface area contributed by atoms with Crippen LogP contribution in [-0.4, -0.2) is 24.6 Å². The summed E-state index contributed by atoms with van der Waals surface area (Å²) in [6.45, 7) is 2.24. The Morgan fingerprint density at radius 3 is 2.40 bits per heavy atom. The Hall–Kier alpha value is -2.92. The smallest absolute Gasteiger partial charge is 0.255 e. The third-order valence-electron chi connectivity index (χ3n) is 4.29. The number of nitrogens with one attached hydrogen (secondary N) is 2. The molecule has 0 aliphatic heterocycles. The van der Waals surface area contributed by atoms with Gasteiger partial charge in [0.05, 0.1) is 17.7 Å². The highest BCUT2D eigenvalue weighted by molar-refractivity contribution is 6.06. The van der Waals surface area contributed by atoms with Gasteiger partial charge in [0.2, 0.25) is 0 Å². The zero-order valence-corrected chi connectivity index (χ0v) is 14.2. The number of amides is 1. The number of methoxy groups -OCH3 is 1. The molecule has 2 N–H and O–H groups in total. The van der Waals surface area contributed by atoms with E-state index in [1.54, 1.807) is 25.3 Å². The molecule has 1 aromatic heterocycles. The minimum absolute atomic E-state index is 0.213. The van der Waals surface area contributed by atoms with Crippen LogP contribution in [0.25, 0.3) is 10.8 Å². The SMILES string of the molecule is COC[C@](C)(NC(=O)c1c[nH]c(=O)c2ccccc12)c1ccccc1. The lowest BCUT2D eigenvalue weighted by Crippen LogP contribution is -2.47. The Kier molecular flexibility index (Phi) is 4.67. The zero-order valence-electron chi connectivity index (χ0n) is 14.2. The molecule has 0 bridgehead atoms. The first kappa shape index (κ1) is 16.9. The molecule has 1 atom stereocenters. The fraction of sp³-hybridized carbons (Fsp3) is 0.200. The van der Waals surface area contributed by atoms with Crippen molar-refractivity contribution in [2.75, 3.05) is 13.7 Å². The maximum absolute atomic E-state index is 12.9. The number of benzene rings is 2. The van der Waals surface area contributed by atoms with Gasteiger partial charge < -0.3 is 15.0 Å². The highest BCUT2D eigenvalue weighted by Crippen LogP contribution is 2.23. The van der Waals surface area contributed by atoms with Gasteiger partial charge in [-0.15, -0.1) is 0 Å². The fourth-order valence-electron chi connectivity index (χ4n) is 3.00. The van der Waals surface area contributed by atoms with Crippen molar-refractivity contribution in [2.24, 2.45) is 0 Å². The zero-order chi connectivity index (χ0) is 17.9. The molecule has 3 rings (SSSR count). The van der Waals surface area contributed by atoms with E-state index in [-0.39, 0.29) is 11.5 Å². The lowest BCUT2D eigenvalue weighted by Gasteiger charge is -2.31. The van der Waals surface area contributed by atoms with Gasteiger partial charge in [-0.1, -0.05) is 48.5 Å². The average Bonchev–Trinajstić information content (AvgIpc) is 2.63. The van der Waals surface area contributed by atoms with Gasteiger partial charge in [0.25, 0.3) is 11.5 Å². The second-order valence-electron chi connectivity index (χ2n) is 6.16. The van der Waals surface area contributed by atoms with E-state index in [2.05, 4.69) is 10.3 Å². The molecule has 128 valence electrons. The second-order valence-corrected chi connectivity index (χ2v) is 6.16. The van der Waals surface area contributed by atoms with Crippen LogP contribution in [0.5, 0.6) is 0 Å². The van der Waals surface area contributed by atoms with Gasteiger partial charge in [-0.05, 0) is 18.6 Å². The Morgan fingerprint density at radius 2 is 1.72 bits per heavy atom. The Morgan fingerprint density at radius 1 is 1.08 bits per heavy atom. The summed E-state index contributed by atoms with van der Waals surface area (Å²) in [6.07, 6.45) is 1.46. The molecule has 0 aliphatic rings. The van der Waals surface area contributed by atoms with E-state index in [9.17, 15) is 9.59 Å². The summed E-state index contributed by atoms with van der Waals surface area (Å²) in [4.78, 5) is 27.5. The number of carbonyl (C=O) groups excluding carboxylic acids is 1. The predicted octanol–water partition coefficient (Wildman–Crippen LogP) is 2.82. The van der Waals surface area contributed by atoms with E-state index in [0.29, 0.717) is 22.9 Å². The lowest BCUT2D eigenvalue weighted by molar-refractivity contribution is 0.0787. The molecule has 5 heteroatoms. The fourth-order valence-corrected chi connectivity index (χ4v) is 3.00. The number of hydrogen-bond acceptors (Lipinski definition) is 3. The monoisotopic (exact) mass is 336 g/mol. The van der Waals surface area contributed by atoms with E-state index in [1.165, 1.54) is 6.20 Å². The van der Waals surface area contributed by atoms with Gasteiger partial charge in [-0.2, -0.15) is 0 Å². The second kappa shape index (κ2) is 6.91. The maximum Gasteiger partial charge on any atom is 0.255 e. The van der Waals surface area contributed by atoms with Gasteiger partial charge in [-0.25, -0.2) is 0 Å². The summed E-state index contributed by atoms with van der Waals surface area (Å²) in [5.74, 6) is -0.268. The van der Waals surface area contributed by atoms with Crippen LogP contribution in [0.15, 0.2) is 65.6 Å². The third-order valence-corrected chi connectivity index (χ3v) is 4.29. The number of ether oxygens (including phenoxy) is 1. The van der Waals surface area contributed by atoms with Crippen LogP contribution in [0.4, 0.5) is 0 Å². The number of pyridine rings is 1. The molecule has 0 saturated carbocycles. The number of rotatable bonds is 5. The molecule has 0 aliphatic carbocycles. The van der Waals surface area contributed by atoms with E-state index in [0.717, 1.165) is 5.56 Å². The number of carbonyl (C=O) groups is 1. The van der Waals surface area contributed by atoms with Gasteiger partial charge in [0.15, 0.2) is 0 Å². The normalized spacial score (nSPS) is 13.4. The lowest BCUT2D eigenvalue weighted by atomic mass is 9.92. The van der Waals surface area contributed by atoms with E-state index >= 15 is 0 Å². The van der Waals surface area contributed by atoms with Crippen LogP contribution in [0.3, 0.4) is 0 Å². The van der Waals surface area contributed by atoms with Gasteiger partial charge in [0.1, 0.15) is 0 Å². The summed E-state index contributed by atoms with van der Waals surface area (Å²) < 4.78 is 5.33. The van der Waals surface area contributed by atoms with Crippen molar-refractivity contribution in [3.8, 4) is 0 Å². The first-order chi connectivity index (χ1) is 12.0. The Bertz CT molecular complexity index is 950. The number of H-pyrrole nitrogens is 1. The summed E-state index contributed by atoms with van der Waals surface area (Å²) >= 11 is 0. The van der Waals surface area contributed by atoms with Crippen molar-refractivity contribution in [1.29, 1.82) is 0 Å². The van der Waals surface area contributed by atoms with Gasteiger partial charge >= 0.3 is 0 Å². The molecule has 0 spiro atoms. The van der Waals surface area contributed by atoms with Crippen LogP contribution in [0.1, 0.15) is 22.8 Å². The number of hydrogen-bond donors (Lipinski definition) is 2. The molecule has 1 amide bonds. The maximum atomic E-state index is 12.9. The van der Waals surface area contributed by atoms with Crippen molar-refractivity contribution in [3.63, 3.8) is 0 Å². The van der Waals surface area contributed by atoms with Crippen molar-refractivity contribution in [3.05, 3.63) is 82.3 Å². The van der Waals surface area contributed by atoms with Gasteiger partial charge in [0, 0.05) is 24.1 Å². The Balaban J connectivity index is 2.01. The molecule has 2 aromatic carbocycles. The molecular weight excluding hydrogens is 316 g/mol. The van der Waals surface area contributed by atoms with Crippen molar-refractivity contribution >= 4 is 16.7 Å². The van der Waals surface area contributed by atoms with E-state index in [1.807, 2.05) is 43.3 Å². The first-order valence-electron chi connectivity index (χ1n) is 8.02. The van der Waals surface area contributed by atoms with Crippen LogP contribution < -0.4 is 10.9 Å². The summed E-state index contributed by atoms with van der Waals surface area (Å²) in [7, 11) is 1.60. The standard InChI is InChI=1S/C20H20N2O3/c1-20(13-25-2,14-8-4-3-5-9-14)22-19(24)17-12-21-18(23)16-11-7-6-10-15(16)17/h3-12H,13H2,1-2H3,(H,21,23)(H,22,24)/t20-/m0/s1. The third kappa shape index (κ3) is 3.32. The number of aromatic amines is 1. The predicted molar refractivity (Wildman–Crippen MR) is 97.7 cm³/mol. The quantitative estimate of drug-likeness (QED) is 0.752. The summed E-state index contributed by atoms with van der Waals surface area (Å²) in [5, 5.41) is 4.16. The topological polar surface area (TPSA) is 71.2 Å². The minimum Gasteiger partial charge on any atom is -0.382 e. The summed E-state index contributed by atoms with van der Waals surface area (Å²) in [5.41, 5.74) is 0.465. The summed E-state index contributed by atoms with van der Waals surface area (Å²) in [6, 6.07) is 16.7. The molecule has 0 radical (unpaired) electrons. The largest absolute Gasteiger partial charge is 0.382 e. The Labute approximate surface area is 145 Å². The van der Waals surface area contributed by atoms with Crippen LogP contribution in [0, 0.1) is 0 Å². The van der Waals surface area contributed by atoms with Crippen LogP contribution >= 0.6 is 0 Å². The van der Waals surface area contributed by atoms with Crippen LogP contribution in [0.2, 0.25) is 0 Å². The first-order valence-corrected chi connectivity index (χ1v) is 8.02. The molecule has 0 saturated heterocycles. The number of aromatic nitrogens is 1. The molecule has 3 aromatic rings. The van der Waals surface area contributed by atoms with E-state index in [4.69, 9.17) is 4.74 Å². The van der Waals surface area contributed by atoms with Crippen molar-refractivity contribution in [1.82, 2.24) is 10.3 Å². The highest BCUT2D eigenvalue weighted by Gasteiger charge is 2.29. The molecule has 1 heterocycles. The van der Waals surface area contributed by atoms with Crippen LogP contribution in [-0.2, 0) is 10.3 Å². The minimum atomic E-state index is -0.690. The molecule has 0 unspecified atom stereocenters. The van der Waals surface area contributed by atoms with Crippen molar-refractivity contribution in [2.45, 2.75) is 12.5 Å². The average molecular weight is 336 g/mol. The molecule has 25 heavy (non-hydrogen) atoms. The van der Waals surface area contributed by atoms with Crippen molar-refractivity contribution < 1.29 is 9.53 Å². The highest BCUT2D eigenvalue weighted by atomic mass is 16.5. The molecule has 0 fully saturated rings. The van der Waals surface area contributed by atoms with Gasteiger partial charge in [-0.3, -0.25) is 9.59 Å².